The molecule has 0 unspecified atom stereocenters. The molecule has 1 aromatic carbocycles. The van der Waals surface area contributed by atoms with Gasteiger partial charge in [0.2, 0.25) is 0 Å². The van der Waals surface area contributed by atoms with Crippen molar-refractivity contribution in [3.8, 4) is 0 Å². The molecular formula is C32H37BrN4O11Re-2. The Morgan fingerprint density at radius 2 is 1.35 bits per heavy atom. The molecule has 0 aliphatic rings. The van der Waals surface area contributed by atoms with Crippen LogP contribution >= 0.6 is 0 Å². The molecule has 0 fully saturated rings. The first kappa shape index (κ1) is 51.9. The van der Waals surface area contributed by atoms with E-state index < -0.39 is 42.4 Å². The van der Waals surface area contributed by atoms with Crippen LogP contribution in [-0.4, -0.2) is 73.6 Å². The molecule has 15 nitrogen and oxygen atoms in total. The Balaban J connectivity index is -0.00000120. The monoisotopic (exact) mass is 919 g/mol. The minimum Gasteiger partial charge on any atom is 0 e. The largest absolute Gasteiger partial charge is 0 e. The number of aliphatic carboxylic acids is 3. The first-order valence-corrected chi connectivity index (χ1v) is 14.1. The van der Waals surface area contributed by atoms with Crippen LogP contribution in [0.25, 0.3) is 0 Å². The number of urea groups is 1. The summed E-state index contributed by atoms with van der Waals surface area (Å²) < 4.78 is 22.5. The molecule has 1 radical (unpaired) electrons. The summed E-state index contributed by atoms with van der Waals surface area (Å²) in [6, 6.07) is 12.9. The number of rotatable bonds is 20. The standard InChI is InChI=1S/C29H37N4O8.3CO.BrH.Re/c34-23(13-14-24(27(37)38)31-29(41)32-25(28(39)40)15-16-26(35)36)12-5-2-8-18-33(19-21-9-3-1-4-10-21)20-22-11-6-7-17-30-22;3*1-2;;/h1,3-4,6-7,9,11,17,24-25H,2,5,8,12-16,18-20H2,(H,35,36)(H,37,38)(H,39,40)(H2,31,32,41);;;;1H;/q-1;;;;;/p-1/t24-,25-;;;;;/m0...../s1. The molecule has 1 heterocycles. The molecule has 0 saturated heterocycles. The van der Waals surface area contributed by atoms with Gasteiger partial charge in [-0.15, -0.1) is 5.56 Å². The van der Waals surface area contributed by atoms with Crippen molar-refractivity contribution in [3.63, 3.8) is 0 Å². The Kier molecular flexibility index (Phi) is 35.9. The van der Waals surface area contributed by atoms with Gasteiger partial charge in [0.15, 0.2) is 0 Å². The summed E-state index contributed by atoms with van der Waals surface area (Å²) in [5.74, 6) is -4.17. The molecule has 0 saturated carbocycles. The van der Waals surface area contributed by atoms with Gasteiger partial charge < -0.3 is 42.9 Å². The predicted molar refractivity (Wildman–Crippen MR) is 160 cm³/mol. The van der Waals surface area contributed by atoms with Crippen LogP contribution < -0.4 is 27.6 Å². The van der Waals surface area contributed by atoms with Crippen LogP contribution in [0.5, 0.6) is 0 Å². The maximum atomic E-state index is 12.4. The van der Waals surface area contributed by atoms with Gasteiger partial charge in [0.25, 0.3) is 0 Å². The number of nitrogens with one attached hydrogen (secondary N) is 2. The number of ketones is 1. The summed E-state index contributed by atoms with van der Waals surface area (Å²) >= 11 is 0. The second-order valence-electron chi connectivity index (χ2n) is 9.64. The van der Waals surface area contributed by atoms with Crippen molar-refractivity contribution in [2.24, 2.45) is 0 Å². The summed E-state index contributed by atoms with van der Waals surface area (Å²) in [6.07, 6.45) is 3.29. The van der Waals surface area contributed by atoms with Gasteiger partial charge in [-0.25, -0.2) is 14.4 Å². The minimum absolute atomic E-state index is 0. The van der Waals surface area contributed by atoms with Gasteiger partial charge in [-0.1, -0.05) is 12.5 Å². The van der Waals surface area contributed by atoms with Gasteiger partial charge >= 0.3 is 57.8 Å². The first-order valence-electron chi connectivity index (χ1n) is 14.1. The molecule has 2 rings (SSSR count). The number of halogens is 1. The fourth-order valence-electron chi connectivity index (χ4n) is 4.11. The minimum atomic E-state index is -1.49. The Hall–Kier alpha value is -3.96. The smallest absolute Gasteiger partial charge is 0 e. The molecule has 1 aromatic heterocycles. The van der Waals surface area contributed by atoms with E-state index in [1.807, 2.05) is 42.5 Å². The fraction of sp³-hybridized carbons (Fsp3) is 0.406. The van der Waals surface area contributed by atoms with Crippen molar-refractivity contribution in [2.75, 3.05) is 6.54 Å². The zero-order valence-corrected chi connectivity index (χ0v) is 30.6. The predicted octanol–water partition coefficient (Wildman–Crippen LogP) is -0.247. The van der Waals surface area contributed by atoms with Crippen LogP contribution in [0.4, 0.5) is 4.79 Å². The van der Waals surface area contributed by atoms with Gasteiger partial charge in [0, 0.05) is 59.0 Å². The third-order valence-electron chi connectivity index (χ3n) is 6.27. The van der Waals surface area contributed by atoms with Gasteiger partial charge in [-0.2, -0.15) is 30.3 Å². The van der Waals surface area contributed by atoms with E-state index in [9.17, 15) is 29.1 Å². The molecular weight excluding hydrogens is 882 g/mol. The SMILES string of the molecule is O=C(O)CC[C@H](NC(=O)N[C@@H](CCC(=O)CCCCCN(Cc1[c-]cccc1)Cc1ccccn1)C(=O)O)C(=O)O.[Br-].[C-]#[O+].[C-]#[O+].[C-]#[O+].[Re]. The average Bonchev–Trinajstić information content (AvgIpc) is 3.08. The van der Waals surface area contributed by atoms with Gasteiger partial charge in [0.1, 0.15) is 17.9 Å². The summed E-state index contributed by atoms with van der Waals surface area (Å²) in [6.45, 7) is 15.7. The molecule has 267 valence electrons. The van der Waals surface area contributed by atoms with E-state index in [4.69, 9.17) is 24.2 Å². The van der Waals surface area contributed by atoms with E-state index in [1.165, 1.54) is 0 Å². The molecule has 0 aliphatic carbocycles. The average molecular weight is 920 g/mol. The van der Waals surface area contributed by atoms with Crippen molar-refractivity contribution in [1.82, 2.24) is 20.5 Å². The number of aromatic nitrogens is 1. The van der Waals surface area contributed by atoms with E-state index in [0.29, 0.717) is 13.0 Å². The zero-order chi connectivity index (χ0) is 36.0. The van der Waals surface area contributed by atoms with E-state index in [0.717, 1.165) is 37.2 Å². The van der Waals surface area contributed by atoms with Crippen LogP contribution in [0.15, 0.2) is 48.7 Å². The summed E-state index contributed by atoms with van der Waals surface area (Å²) in [4.78, 5) is 64.6. The number of amides is 2. The maximum absolute atomic E-state index is 12.4. The molecule has 0 bridgehead atoms. The van der Waals surface area contributed by atoms with E-state index in [-0.39, 0.29) is 68.9 Å². The maximum Gasteiger partial charge on any atom is 0 e. The van der Waals surface area contributed by atoms with Crippen LogP contribution in [0, 0.1) is 26.0 Å². The fourth-order valence-corrected chi connectivity index (χ4v) is 4.11. The number of unbranched alkanes of at least 4 members (excludes halogenated alkanes) is 2. The van der Waals surface area contributed by atoms with E-state index in [1.54, 1.807) is 6.20 Å². The number of pyridine rings is 1. The number of benzene rings is 1. The molecule has 0 spiro atoms. The van der Waals surface area contributed by atoms with Gasteiger partial charge in [-0.3, -0.25) is 19.5 Å². The molecule has 0 aliphatic heterocycles. The molecule has 2 aromatic rings. The van der Waals surface area contributed by atoms with Crippen molar-refractivity contribution in [3.05, 3.63) is 85.9 Å². The first-order chi connectivity index (χ1) is 22.6. The topological polar surface area (TPSA) is 246 Å². The second kappa shape index (κ2) is 33.9. The Bertz CT molecular complexity index is 1230. The summed E-state index contributed by atoms with van der Waals surface area (Å²) in [7, 11) is 0. The number of carboxylic acids is 3. The number of carbonyl (C=O) groups excluding carboxylic acids is 2. The van der Waals surface area contributed by atoms with Crippen molar-refractivity contribution < 1.29 is 90.7 Å². The van der Waals surface area contributed by atoms with Crippen molar-refractivity contribution in [2.45, 2.75) is 76.5 Å². The number of hydrogen-bond donors (Lipinski definition) is 5. The Labute approximate surface area is 308 Å². The molecule has 5 N–H and O–H groups in total. The molecule has 2 atom stereocenters. The molecule has 17 heteroatoms. The third-order valence-corrected chi connectivity index (χ3v) is 6.27. The third kappa shape index (κ3) is 26.7. The van der Waals surface area contributed by atoms with Gasteiger partial charge in [0.05, 0.1) is 5.69 Å². The van der Waals surface area contributed by atoms with Crippen LogP contribution in [-0.2, 0) is 66.6 Å². The summed E-state index contributed by atoms with van der Waals surface area (Å²) in [5, 5.41) is 31.5. The van der Waals surface area contributed by atoms with Crippen molar-refractivity contribution >= 4 is 29.7 Å². The number of nitrogens with zero attached hydrogens (tertiary/aromatic N) is 2. The van der Waals surface area contributed by atoms with Crippen molar-refractivity contribution in [1.29, 1.82) is 0 Å². The Morgan fingerprint density at radius 1 is 0.776 bits per heavy atom. The van der Waals surface area contributed by atoms with Gasteiger partial charge in [-0.05, 0) is 44.4 Å². The number of carbonyl (C=O) groups is 5. The van der Waals surface area contributed by atoms with E-state index in [2.05, 4.69) is 46.5 Å². The van der Waals surface area contributed by atoms with Crippen LogP contribution in [0.3, 0.4) is 0 Å². The quantitative estimate of drug-likeness (QED) is 0.0663. The van der Waals surface area contributed by atoms with Crippen LogP contribution in [0.2, 0.25) is 0 Å². The Morgan fingerprint density at radius 3 is 1.84 bits per heavy atom. The number of Topliss-reactive ketones (excluding diaryl/α,β-unsaturated/α-hetero) is 1. The van der Waals surface area contributed by atoms with E-state index >= 15 is 0 Å². The second-order valence-corrected chi connectivity index (χ2v) is 9.64. The number of carboxylic acid groups (broad SMARTS) is 3. The normalized spacial score (nSPS) is 10.4. The molecule has 2 amide bonds. The zero-order valence-electron chi connectivity index (χ0n) is 26.3. The van der Waals surface area contributed by atoms with Crippen LogP contribution in [0.1, 0.15) is 62.6 Å². The molecule has 49 heavy (non-hydrogen) atoms. The number of hydrogen-bond acceptors (Lipinski definition) is 7. The summed E-state index contributed by atoms with van der Waals surface area (Å²) in [5.41, 5.74) is 2.04.